The molecule has 1 atom stereocenters. The maximum atomic E-state index is 12.8. The minimum Gasteiger partial charge on any atom is -0.480 e. The van der Waals surface area contributed by atoms with Crippen LogP contribution in [0.4, 0.5) is 13.6 Å². The third-order valence-corrected chi connectivity index (χ3v) is 2.10. The van der Waals surface area contributed by atoms with E-state index in [-0.39, 0.29) is 17.1 Å². The molecule has 106 valence electrons. The van der Waals surface area contributed by atoms with Gasteiger partial charge in [-0.2, -0.15) is 21.4 Å². The minimum atomic E-state index is -3.25. The SMILES string of the molecule is CC(C)(C)OC(=O)N(C(F)F)[C@@H](CCS)C(=O)O. The molecule has 0 aliphatic carbocycles. The van der Waals surface area contributed by atoms with Crippen LogP contribution in [0.5, 0.6) is 0 Å². The van der Waals surface area contributed by atoms with Gasteiger partial charge < -0.3 is 9.84 Å². The van der Waals surface area contributed by atoms with Crippen molar-refractivity contribution < 1.29 is 28.2 Å². The summed E-state index contributed by atoms with van der Waals surface area (Å²) in [5, 5.41) is 8.85. The number of alkyl halides is 2. The zero-order chi connectivity index (χ0) is 14.5. The van der Waals surface area contributed by atoms with Crippen LogP contribution >= 0.6 is 12.6 Å². The first kappa shape index (κ1) is 16.9. The lowest BCUT2D eigenvalue weighted by Crippen LogP contribution is -2.50. The van der Waals surface area contributed by atoms with Crippen LogP contribution < -0.4 is 0 Å². The maximum absolute atomic E-state index is 12.8. The van der Waals surface area contributed by atoms with Gasteiger partial charge in [0.2, 0.25) is 0 Å². The van der Waals surface area contributed by atoms with Crippen LogP contribution in [-0.2, 0) is 9.53 Å². The van der Waals surface area contributed by atoms with Crippen LogP contribution in [0.15, 0.2) is 0 Å². The van der Waals surface area contributed by atoms with Crippen molar-refractivity contribution in [3.05, 3.63) is 0 Å². The highest BCUT2D eigenvalue weighted by molar-refractivity contribution is 7.80. The highest BCUT2D eigenvalue weighted by Crippen LogP contribution is 2.18. The smallest absolute Gasteiger partial charge is 0.415 e. The molecule has 8 heteroatoms. The number of halogens is 2. The number of thiol groups is 1. The number of carboxylic acids is 1. The van der Waals surface area contributed by atoms with Crippen molar-refractivity contribution in [2.75, 3.05) is 5.75 Å². The van der Waals surface area contributed by atoms with Gasteiger partial charge >= 0.3 is 18.6 Å². The lowest BCUT2D eigenvalue weighted by Gasteiger charge is -2.30. The van der Waals surface area contributed by atoms with Gasteiger partial charge in [-0.3, -0.25) is 0 Å². The number of nitrogens with zero attached hydrogens (tertiary/aromatic N) is 1. The van der Waals surface area contributed by atoms with Crippen LogP contribution in [0, 0.1) is 0 Å². The zero-order valence-electron chi connectivity index (χ0n) is 10.4. The van der Waals surface area contributed by atoms with Gasteiger partial charge in [0, 0.05) is 0 Å². The Morgan fingerprint density at radius 1 is 1.39 bits per heavy atom. The molecular weight excluding hydrogens is 268 g/mol. The summed E-state index contributed by atoms with van der Waals surface area (Å²) in [5.74, 6) is -1.46. The van der Waals surface area contributed by atoms with E-state index in [1.807, 2.05) is 0 Å². The summed E-state index contributed by atoms with van der Waals surface area (Å²) in [5.41, 5.74) is -0.978. The molecule has 0 aliphatic rings. The number of carbonyl (C=O) groups is 2. The number of amides is 1. The van der Waals surface area contributed by atoms with Gasteiger partial charge in [0.15, 0.2) is 0 Å². The number of hydrogen-bond acceptors (Lipinski definition) is 4. The molecule has 0 heterocycles. The quantitative estimate of drug-likeness (QED) is 0.600. The third-order valence-electron chi connectivity index (χ3n) is 1.84. The summed E-state index contributed by atoms with van der Waals surface area (Å²) in [4.78, 5) is 22.4. The molecule has 0 unspecified atom stereocenters. The van der Waals surface area contributed by atoms with Crippen LogP contribution in [0.25, 0.3) is 0 Å². The molecule has 18 heavy (non-hydrogen) atoms. The Morgan fingerprint density at radius 3 is 2.17 bits per heavy atom. The Morgan fingerprint density at radius 2 is 1.89 bits per heavy atom. The van der Waals surface area contributed by atoms with Gasteiger partial charge in [0.05, 0.1) is 0 Å². The summed E-state index contributed by atoms with van der Waals surface area (Å²) in [6.45, 7) is 1.26. The van der Waals surface area contributed by atoms with E-state index in [0.717, 1.165) is 0 Å². The summed E-state index contributed by atoms with van der Waals surface area (Å²) >= 11 is 3.79. The van der Waals surface area contributed by atoms with E-state index < -0.39 is 30.3 Å². The molecule has 0 aromatic carbocycles. The van der Waals surface area contributed by atoms with Crippen LogP contribution in [0.3, 0.4) is 0 Å². The molecule has 0 rings (SSSR count). The maximum Gasteiger partial charge on any atom is 0.415 e. The molecule has 0 aromatic heterocycles. The second kappa shape index (κ2) is 6.77. The lowest BCUT2D eigenvalue weighted by atomic mass is 10.2. The molecule has 1 N–H and O–H groups in total. The number of rotatable bonds is 5. The molecule has 1 amide bonds. The number of carbonyl (C=O) groups excluding carboxylic acids is 1. The molecule has 0 aliphatic heterocycles. The van der Waals surface area contributed by atoms with Crippen molar-refractivity contribution >= 4 is 24.7 Å². The van der Waals surface area contributed by atoms with Gasteiger partial charge in [0.25, 0.3) is 0 Å². The summed E-state index contributed by atoms with van der Waals surface area (Å²) in [7, 11) is 0. The molecule has 0 aromatic rings. The Labute approximate surface area is 110 Å². The molecule has 0 saturated carbocycles. The molecule has 0 fully saturated rings. The van der Waals surface area contributed by atoms with Crippen molar-refractivity contribution in [3.8, 4) is 0 Å². The largest absolute Gasteiger partial charge is 0.480 e. The fourth-order valence-electron chi connectivity index (χ4n) is 1.16. The first-order valence-corrected chi connectivity index (χ1v) is 5.86. The Bertz CT molecular complexity index is 307. The highest BCUT2D eigenvalue weighted by Gasteiger charge is 2.37. The van der Waals surface area contributed by atoms with Crippen LogP contribution in [0.1, 0.15) is 27.2 Å². The molecular formula is C10H17F2NO4S. The Hall–Kier alpha value is -1.05. The first-order valence-electron chi connectivity index (χ1n) is 5.23. The minimum absolute atomic E-state index is 0.0585. The summed E-state index contributed by atoms with van der Waals surface area (Å²) < 4.78 is 30.3. The van der Waals surface area contributed by atoms with Crippen LogP contribution in [-0.4, -0.2) is 46.0 Å². The zero-order valence-corrected chi connectivity index (χ0v) is 11.3. The van der Waals surface area contributed by atoms with E-state index in [2.05, 4.69) is 12.6 Å². The van der Waals surface area contributed by atoms with Crippen molar-refractivity contribution in [3.63, 3.8) is 0 Å². The van der Waals surface area contributed by atoms with Crippen molar-refractivity contribution in [1.82, 2.24) is 4.90 Å². The van der Waals surface area contributed by atoms with Gasteiger partial charge in [-0.25, -0.2) is 14.5 Å². The van der Waals surface area contributed by atoms with Crippen molar-refractivity contribution in [2.45, 2.75) is 45.4 Å². The Balaban J connectivity index is 5.04. The molecule has 0 bridgehead atoms. The van der Waals surface area contributed by atoms with E-state index in [0.29, 0.717) is 0 Å². The topological polar surface area (TPSA) is 66.8 Å². The van der Waals surface area contributed by atoms with E-state index in [1.165, 1.54) is 20.8 Å². The third kappa shape index (κ3) is 5.52. The Kier molecular flexibility index (Phi) is 6.37. The molecule has 5 nitrogen and oxygen atoms in total. The normalized spacial score (nSPS) is 13.3. The van der Waals surface area contributed by atoms with Crippen molar-refractivity contribution in [2.24, 2.45) is 0 Å². The monoisotopic (exact) mass is 285 g/mol. The highest BCUT2D eigenvalue weighted by atomic mass is 32.1. The molecule has 0 radical (unpaired) electrons. The second-order valence-electron chi connectivity index (χ2n) is 4.53. The fourth-order valence-corrected chi connectivity index (χ4v) is 1.41. The van der Waals surface area contributed by atoms with Gasteiger partial charge in [0.1, 0.15) is 11.6 Å². The van der Waals surface area contributed by atoms with Gasteiger partial charge in [-0.15, -0.1) is 0 Å². The first-order chi connectivity index (χ1) is 8.10. The van der Waals surface area contributed by atoms with E-state index >= 15 is 0 Å². The van der Waals surface area contributed by atoms with E-state index in [1.54, 1.807) is 0 Å². The predicted molar refractivity (Wildman–Crippen MR) is 64.0 cm³/mol. The van der Waals surface area contributed by atoms with Gasteiger partial charge in [-0.05, 0) is 32.9 Å². The van der Waals surface area contributed by atoms with E-state index in [4.69, 9.17) is 9.84 Å². The van der Waals surface area contributed by atoms with Crippen LogP contribution in [0.2, 0.25) is 0 Å². The van der Waals surface area contributed by atoms with E-state index in [9.17, 15) is 18.4 Å². The number of aliphatic carboxylic acids is 1. The molecule has 0 spiro atoms. The summed E-state index contributed by atoms with van der Waals surface area (Å²) in [6, 6.07) is -1.66. The lowest BCUT2D eigenvalue weighted by molar-refractivity contribution is -0.150. The number of hydrogen-bond donors (Lipinski definition) is 2. The average molecular weight is 285 g/mol. The number of ether oxygens (including phenoxy) is 1. The molecule has 0 saturated heterocycles. The average Bonchev–Trinajstić information content (AvgIpc) is 2.13. The standard InChI is InChI=1S/C10H17F2NO4S/c1-10(2,3)17-9(16)13(8(11)12)6(4-5-18)7(14)15/h6,8,18H,4-5H2,1-3H3,(H,14,15)/t6-/m0/s1. The second-order valence-corrected chi connectivity index (χ2v) is 4.98. The van der Waals surface area contributed by atoms with Crippen molar-refractivity contribution in [1.29, 1.82) is 0 Å². The van der Waals surface area contributed by atoms with Gasteiger partial charge in [-0.1, -0.05) is 0 Å². The number of carboxylic acid groups (broad SMARTS) is 1. The predicted octanol–water partition coefficient (Wildman–Crippen LogP) is 2.22. The fraction of sp³-hybridized carbons (Fsp3) is 0.800. The summed E-state index contributed by atoms with van der Waals surface area (Å²) in [6.07, 6.45) is -1.55.